The van der Waals surface area contributed by atoms with Crippen LogP contribution in [0.5, 0.6) is 0 Å². The molecule has 3 heterocycles. The fraction of sp³-hybridized carbons (Fsp3) is 0.647. The zero-order valence-corrected chi connectivity index (χ0v) is 14.2. The van der Waals surface area contributed by atoms with Crippen LogP contribution in [0.15, 0.2) is 16.8 Å². The van der Waals surface area contributed by atoms with E-state index in [4.69, 9.17) is 4.52 Å². The lowest BCUT2D eigenvalue weighted by Crippen LogP contribution is -2.51. The molecule has 0 N–H and O–H groups in total. The number of nitrogens with zero attached hydrogens (tertiary/aromatic N) is 5. The number of aromatic nitrogens is 4. The standard InChI is InChI=1S/C17H23N5O2/c1-3-21-11-8-13(19-21)15(23)22-10-5-4-9-17(22,2)16-18-14(24-20-16)12-6-7-12/h8,11-12H,3-7,9-10H2,1-2H3. The van der Waals surface area contributed by atoms with Crippen molar-refractivity contribution in [3.8, 4) is 0 Å². The number of rotatable bonds is 4. The topological polar surface area (TPSA) is 77.0 Å². The van der Waals surface area contributed by atoms with E-state index >= 15 is 0 Å². The van der Waals surface area contributed by atoms with Gasteiger partial charge in [0.2, 0.25) is 5.89 Å². The summed E-state index contributed by atoms with van der Waals surface area (Å²) in [5, 5.41) is 8.58. The van der Waals surface area contributed by atoms with Gasteiger partial charge in [-0.3, -0.25) is 9.48 Å². The molecular formula is C17H23N5O2. The molecule has 1 atom stereocenters. The van der Waals surface area contributed by atoms with Crippen LogP contribution >= 0.6 is 0 Å². The van der Waals surface area contributed by atoms with E-state index < -0.39 is 5.54 Å². The molecule has 2 aromatic heterocycles. The summed E-state index contributed by atoms with van der Waals surface area (Å²) in [5.41, 5.74) is -0.0435. The quantitative estimate of drug-likeness (QED) is 0.862. The molecule has 1 aliphatic heterocycles. The smallest absolute Gasteiger partial charge is 0.275 e. The maximum atomic E-state index is 13.0. The van der Waals surface area contributed by atoms with Gasteiger partial charge in [0.05, 0.1) is 0 Å². The molecule has 4 rings (SSSR count). The van der Waals surface area contributed by atoms with Crippen molar-refractivity contribution in [2.45, 2.75) is 64.0 Å². The van der Waals surface area contributed by atoms with E-state index in [1.807, 2.05) is 24.9 Å². The van der Waals surface area contributed by atoms with Crippen LogP contribution in [0.1, 0.15) is 74.1 Å². The van der Waals surface area contributed by atoms with Crippen LogP contribution in [0.2, 0.25) is 0 Å². The Kier molecular flexibility index (Phi) is 3.66. The van der Waals surface area contributed by atoms with Gasteiger partial charge in [-0.2, -0.15) is 10.1 Å². The van der Waals surface area contributed by atoms with E-state index in [0.717, 1.165) is 44.5 Å². The predicted octanol–water partition coefficient (Wildman–Crippen LogP) is 2.70. The zero-order chi connectivity index (χ0) is 16.7. The number of hydrogen-bond donors (Lipinski definition) is 0. The first kappa shape index (κ1) is 15.4. The van der Waals surface area contributed by atoms with Crippen molar-refractivity contribution in [1.82, 2.24) is 24.8 Å². The van der Waals surface area contributed by atoms with Crippen molar-refractivity contribution in [1.29, 1.82) is 0 Å². The SMILES string of the molecule is CCn1ccc(C(=O)N2CCCCC2(C)c2noc(C3CC3)n2)n1. The molecule has 1 saturated heterocycles. The molecule has 0 spiro atoms. The van der Waals surface area contributed by atoms with Gasteiger partial charge in [-0.05, 0) is 52.0 Å². The maximum absolute atomic E-state index is 13.0. The van der Waals surface area contributed by atoms with Gasteiger partial charge in [0, 0.05) is 25.2 Å². The average Bonchev–Trinajstić information content (AvgIpc) is 3.14. The zero-order valence-electron chi connectivity index (χ0n) is 14.2. The second kappa shape index (κ2) is 5.72. The minimum atomic E-state index is -0.526. The van der Waals surface area contributed by atoms with Gasteiger partial charge in [0.25, 0.3) is 5.91 Å². The van der Waals surface area contributed by atoms with Gasteiger partial charge in [-0.15, -0.1) is 0 Å². The van der Waals surface area contributed by atoms with Crippen LogP contribution < -0.4 is 0 Å². The van der Waals surface area contributed by atoms with Crippen molar-refractivity contribution in [2.24, 2.45) is 0 Å². The highest BCUT2D eigenvalue weighted by Gasteiger charge is 2.44. The number of carbonyl (C=O) groups excluding carboxylic acids is 1. The van der Waals surface area contributed by atoms with Crippen molar-refractivity contribution < 1.29 is 9.32 Å². The molecule has 2 fully saturated rings. The minimum Gasteiger partial charge on any atom is -0.339 e. The second-order valence-electron chi connectivity index (χ2n) is 6.97. The van der Waals surface area contributed by atoms with Gasteiger partial charge in [-0.25, -0.2) is 0 Å². The maximum Gasteiger partial charge on any atom is 0.275 e. The summed E-state index contributed by atoms with van der Waals surface area (Å²) in [6, 6.07) is 1.78. The molecular weight excluding hydrogens is 306 g/mol. The van der Waals surface area contributed by atoms with E-state index in [1.165, 1.54) is 0 Å². The summed E-state index contributed by atoms with van der Waals surface area (Å²) in [4.78, 5) is 19.5. The monoisotopic (exact) mass is 329 g/mol. The Morgan fingerprint density at radius 3 is 2.96 bits per heavy atom. The van der Waals surface area contributed by atoms with Crippen LogP contribution in [0, 0.1) is 0 Å². The van der Waals surface area contributed by atoms with Gasteiger partial charge < -0.3 is 9.42 Å². The Morgan fingerprint density at radius 2 is 2.25 bits per heavy atom. The number of likely N-dealkylation sites (tertiary alicyclic amines) is 1. The van der Waals surface area contributed by atoms with Crippen LogP contribution in [0.3, 0.4) is 0 Å². The first-order valence-electron chi connectivity index (χ1n) is 8.81. The lowest BCUT2D eigenvalue weighted by molar-refractivity contribution is 0.0318. The van der Waals surface area contributed by atoms with Crippen LogP contribution in [-0.2, 0) is 12.1 Å². The molecule has 1 amide bonds. The highest BCUT2D eigenvalue weighted by atomic mass is 16.5. The molecule has 128 valence electrons. The number of carbonyl (C=O) groups is 1. The normalized spacial score (nSPS) is 24.3. The van der Waals surface area contributed by atoms with E-state index in [-0.39, 0.29) is 5.91 Å². The van der Waals surface area contributed by atoms with E-state index in [9.17, 15) is 4.79 Å². The molecule has 1 aliphatic carbocycles. The van der Waals surface area contributed by atoms with Gasteiger partial charge in [0.1, 0.15) is 11.2 Å². The molecule has 7 nitrogen and oxygen atoms in total. The predicted molar refractivity (Wildman–Crippen MR) is 86.4 cm³/mol. The third kappa shape index (κ3) is 2.52. The van der Waals surface area contributed by atoms with Crippen LogP contribution in [0.4, 0.5) is 0 Å². The highest BCUT2D eigenvalue weighted by molar-refractivity contribution is 5.92. The number of aryl methyl sites for hydroxylation is 1. The Bertz CT molecular complexity index is 748. The molecule has 24 heavy (non-hydrogen) atoms. The minimum absolute atomic E-state index is 0.0535. The first-order valence-corrected chi connectivity index (χ1v) is 8.81. The molecule has 0 radical (unpaired) electrons. The Morgan fingerprint density at radius 1 is 1.42 bits per heavy atom. The first-order chi connectivity index (χ1) is 11.6. The van der Waals surface area contributed by atoms with Crippen molar-refractivity contribution in [3.63, 3.8) is 0 Å². The van der Waals surface area contributed by atoms with Crippen molar-refractivity contribution in [3.05, 3.63) is 29.7 Å². The third-order valence-corrected chi connectivity index (χ3v) is 5.17. The summed E-state index contributed by atoms with van der Waals surface area (Å²) >= 11 is 0. The fourth-order valence-electron chi connectivity index (χ4n) is 3.42. The molecule has 0 bridgehead atoms. The highest BCUT2D eigenvalue weighted by Crippen LogP contribution is 2.41. The largest absolute Gasteiger partial charge is 0.339 e. The van der Waals surface area contributed by atoms with Gasteiger partial charge in [-0.1, -0.05) is 5.16 Å². The Hall–Kier alpha value is -2.18. The molecule has 2 aromatic rings. The van der Waals surface area contributed by atoms with E-state index in [2.05, 4.69) is 15.2 Å². The Balaban J connectivity index is 1.64. The van der Waals surface area contributed by atoms with E-state index in [1.54, 1.807) is 10.7 Å². The van der Waals surface area contributed by atoms with Gasteiger partial charge in [0.15, 0.2) is 5.82 Å². The summed E-state index contributed by atoms with van der Waals surface area (Å²) in [5.74, 6) is 1.72. The number of amides is 1. The summed E-state index contributed by atoms with van der Waals surface area (Å²) in [7, 11) is 0. The fourth-order valence-corrected chi connectivity index (χ4v) is 3.42. The summed E-state index contributed by atoms with van der Waals surface area (Å²) in [6.07, 6.45) is 6.97. The van der Waals surface area contributed by atoms with Crippen molar-refractivity contribution in [2.75, 3.05) is 6.54 Å². The second-order valence-corrected chi connectivity index (χ2v) is 6.97. The number of hydrogen-bond acceptors (Lipinski definition) is 5. The Labute approximate surface area is 141 Å². The average molecular weight is 329 g/mol. The summed E-state index contributed by atoms with van der Waals surface area (Å²) in [6.45, 7) is 5.50. The lowest BCUT2D eigenvalue weighted by Gasteiger charge is -2.42. The van der Waals surface area contributed by atoms with Gasteiger partial charge >= 0.3 is 0 Å². The van der Waals surface area contributed by atoms with Crippen LogP contribution in [-0.4, -0.2) is 37.3 Å². The molecule has 2 aliphatic rings. The molecule has 7 heteroatoms. The molecule has 1 saturated carbocycles. The third-order valence-electron chi connectivity index (χ3n) is 5.17. The summed E-state index contributed by atoms with van der Waals surface area (Å²) < 4.78 is 7.22. The lowest BCUT2D eigenvalue weighted by atomic mass is 9.87. The molecule has 0 aromatic carbocycles. The number of piperidine rings is 1. The van der Waals surface area contributed by atoms with Crippen LogP contribution in [0.25, 0.3) is 0 Å². The van der Waals surface area contributed by atoms with Crippen molar-refractivity contribution >= 4 is 5.91 Å². The molecule has 1 unspecified atom stereocenters. The van der Waals surface area contributed by atoms with E-state index in [0.29, 0.717) is 24.0 Å².